The molecule has 1 aliphatic heterocycles. The Bertz CT molecular complexity index is 805. The first-order chi connectivity index (χ1) is 13.0. The number of nitrogens with one attached hydrogen (secondary N) is 1. The minimum Gasteiger partial charge on any atom is -0.354 e. The molecule has 1 N–H and O–H groups in total. The lowest BCUT2D eigenvalue weighted by Gasteiger charge is -2.34. The summed E-state index contributed by atoms with van der Waals surface area (Å²) in [6, 6.07) is 4.05. The predicted octanol–water partition coefficient (Wildman–Crippen LogP) is 2.83. The van der Waals surface area contributed by atoms with Crippen LogP contribution in [0.2, 0.25) is 0 Å². The Morgan fingerprint density at radius 2 is 1.81 bits per heavy atom. The number of amides is 1. The standard InChI is InChI=1S/C21H28N4O2/c1-4-5-18-19(16(3)26)15(2)23-20(18)21(27)25-12-10-24(11-13-25)14-17-6-8-22-9-7-17/h6-9,23H,4-5,10-14H2,1-3H3. The second-order valence-corrected chi connectivity index (χ2v) is 7.21. The molecule has 3 rings (SSSR count). The van der Waals surface area contributed by atoms with Gasteiger partial charge in [-0.1, -0.05) is 13.3 Å². The van der Waals surface area contributed by atoms with E-state index < -0.39 is 0 Å². The third-order valence-corrected chi connectivity index (χ3v) is 5.17. The van der Waals surface area contributed by atoms with Gasteiger partial charge in [0.05, 0.1) is 0 Å². The van der Waals surface area contributed by atoms with E-state index >= 15 is 0 Å². The molecule has 1 fully saturated rings. The Morgan fingerprint density at radius 3 is 2.41 bits per heavy atom. The molecule has 0 unspecified atom stereocenters. The summed E-state index contributed by atoms with van der Waals surface area (Å²) in [6.07, 6.45) is 5.26. The molecule has 6 nitrogen and oxygen atoms in total. The van der Waals surface area contributed by atoms with E-state index in [2.05, 4.69) is 21.8 Å². The number of rotatable bonds is 6. The van der Waals surface area contributed by atoms with Crippen molar-refractivity contribution in [2.45, 2.75) is 40.2 Å². The van der Waals surface area contributed by atoms with Gasteiger partial charge in [0.2, 0.25) is 0 Å². The fourth-order valence-corrected chi connectivity index (χ4v) is 3.85. The number of ketones is 1. The van der Waals surface area contributed by atoms with E-state index in [1.165, 1.54) is 5.56 Å². The zero-order valence-corrected chi connectivity index (χ0v) is 16.4. The fourth-order valence-electron chi connectivity index (χ4n) is 3.85. The number of aryl methyl sites for hydroxylation is 1. The Kier molecular flexibility index (Phi) is 6.06. The van der Waals surface area contributed by atoms with Crippen LogP contribution in [0.25, 0.3) is 0 Å². The van der Waals surface area contributed by atoms with Gasteiger partial charge in [0.1, 0.15) is 5.69 Å². The molecule has 2 aromatic rings. The first kappa shape index (κ1) is 19.3. The van der Waals surface area contributed by atoms with Crippen molar-refractivity contribution in [2.24, 2.45) is 0 Å². The normalized spacial score (nSPS) is 15.1. The number of Topliss-reactive ketones (excluding diaryl/α,β-unsaturated/α-hetero) is 1. The van der Waals surface area contributed by atoms with Gasteiger partial charge >= 0.3 is 0 Å². The molecular weight excluding hydrogens is 340 g/mol. The van der Waals surface area contributed by atoms with E-state index in [0.29, 0.717) is 24.3 Å². The third kappa shape index (κ3) is 4.27. The number of carbonyl (C=O) groups excluding carboxylic acids is 2. The fraction of sp³-hybridized carbons (Fsp3) is 0.476. The van der Waals surface area contributed by atoms with Gasteiger partial charge in [-0.25, -0.2) is 0 Å². The summed E-state index contributed by atoms with van der Waals surface area (Å²) in [5.41, 5.74) is 4.21. The average molecular weight is 368 g/mol. The lowest BCUT2D eigenvalue weighted by Crippen LogP contribution is -2.48. The predicted molar refractivity (Wildman–Crippen MR) is 105 cm³/mol. The van der Waals surface area contributed by atoms with E-state index in [1.54, 1.807) is 6.92 Å². The maximum atomic E-state index is 13.1. The smallest absolute Gasteiger partial charge is 0.270 e. The lowest BCUT2D eigenvalue weighted by atomic mass is 10.0. The maximum Gasteiger partial charge on any atom is 0.270 e. The van der Waals surface area contributed by atoms with Gasteiger partial charge < -0.3 is 9.88 Å². The van der Waals surface area contributed by atoms with Crippen LogP contribution in [0.3, 0.4) is 0 Å². The summed E-state index contributed by atoms with van der Waals surface area (Å²) in [6.45, 7) is 9.47. The van der Waals surface area contributed by atoms with Gasteiger partial charge in [-0.05, 0) is 43.5 Å². The monoisotopic (exact) mass is 368 g/mol. The number of carbonyl (C=O) groups is 2. The molecule has 0 atom stereocenters. The summed E-state index contributed by atoms with van der Waals surface area (Å²) in [4.78, 5) is 36.6. The van der Waals surface area contributed by atoms with E-state index in [9.17, 15) is 9.59 Å². The summed E-state index contributed by atoms with van der Waals surface area (Å²) in [7, 11) is 0. The summed E-state index contributed by atoms with van der Waals surface area (Å²) in [5.74, 6) is 0.0334. The Balaban J connectivity index is 1.69. The van der Waals surface area contributed by atoms with Crippen molar-refractivity contribution in [1.29, 1.82) is 0 Å². The SMILES string of the molecule is CCCc1c(C(=O)N2CCN(Cc3ccncc3)CC2)[nH]c(C)c1C(C)=O. The van der Waals surface area contributed by atoms with Crippen molar-refractivity contribution in [3.63, 3.8) is 0 Å². The Labute approximate surface area is 160 Å². The van der Waals surface area contributed by atoms with Gasteiger partial charge in [-0.15, -0.1) is 0 Å². The number of nitrogens with zero attached hydrogens (tertiary/aromatic N) is 3. The Hall–Kier alpha value is -2.47. The number of hydrogen-bond acceptors (Lipinski definition) is 4. The second kappa shape index (κ2) is 8.48. The first-order valence-corrected chi connectivity index (χ1v) is 9.64. The molecule has 1 saturated heterocycles. The van der Waals surface area contributed by atoms with Crippen LogP contribution < -0.4 is 0 Å². The van der Waals surface area contributed by atoms with Crippen LogP contribution in [0.15, 0.2) is 24.5 Å². The first-order valence-electron chi connectivity index (χ1n) is 9.64. The number of piperazine rings is 1. The van der Waals surface area contributed by atoms with Crippen LogP contribution in [0, 0.1) is 6.92 Å². The topological polar surface area (TPSA) is 69.3 Å². The quantitative estimate of drug-likeness (QED) is 0.796. The van der Waals surface area contributed by atoms with Crippen molar-refractivity contribution < 1.29 is 9.59 Å². The van der Waals surface area contributed by atoms with Crippen molar-refractivity contribution >= 4 is 11.7 Å². The van der Waals surface area contributed by atoms with E-state index in [1.807, 2.05) is 36.4 Å². The second-order valence-electron chi connectivity index (χ2n) is 7.21. The summed E-state index contributed by atoms with van der Waals surface area (Å²) >= 11 is 0. The molecule has 0 radical (unpaired) electrons. The largest absolute Gasteiger partial charge is 0.354 e. The molecule has 144 valence electrons. The Morgan fingerprint density at radius 1 is 1.15 bits per heavy atom. The van der Waals surface area contributed by atoms with Crippen molar-refractivity contribution in [3.05, 3.63) is 52.6 Å². The summed E-state index contributed by atoms with van der Waals surface area (Å²) in [5, 5.41) is 0. The molecule has 0 bridgehead atoms. The zero-order chi connectivity index (χ0) is 19.4. The minimum atomic E-state index is 0.0117. The highest BCUT2D eigenvalue weighted by Gasteiger charge is 2.28. The van der Waals surface area contributed by atoms with E-state index in [0.717, 1.165) is 43.7 Å². The van der Waals surface area contributed by atoms with Gasteiger partial charge in [0, 0.05) is 56.4 Å². The highest BCUT2D eigenvalue weighted by atomic mass is 16.2. The van der Waals surface area contributed by atoms with Crippen LogP contribution in [-0.2, 0) is 13.0 Å². The highest BCUT2D eigenvalue weighted by molar-refractivity contribution is 6.02. The molecular formula is C21H28N4O2. The van der Waals surface area contributed by atoms with Gasteiger partial charge in [0.15, 0.2) is 5.78 Å². The van der Waals surface area contributed by atoms with Crippen LogP contribution in [-0.4, -0.2) is 57.6 Å². The molecule has 2 aromatic heterocycles. The third-order valence-electron chi connectivity index (χ3n) is 5.17. The average Bonchev–Trinajstić information content (AvgIpc) is 2.99. The van der Waals surface area contributed by atoms with Crippen LogP contribution in [0.4, 0.5) is 0 Å². The minimum absolute atomic E-state index is 0.0117. The number of aromatic amines is 1. The molecule has 3 heterocycles. The molecule has 1 aliphatic rings. The summed E-state index contributed by atoms with van der Waals surface area (Å²) < 4.78 is 0. The molecule has 6 heteroatoms. The molecule has 0 aliphatic carbocycles. The molecule has 0 spiro atoms. The number of aromatic nitrogens is 2. The van der Waals surface area contributed by atoms with Crippen molar-refractivity contribution in [2.75, 3.05) is 26.2 Å². The molecule has 0 aromatic carbocycles. The van der Waals surface area contributed by atoms with Gasteiger partial charge in [-0.2, -0.15) is 0 Å². The van der Waals surface area contributed by atoms with Crippen LogP contribution in [0.5, 0.6) is 0 Å². The van der Waals surface area contributed by atoms with Gasteiger partial charge in [-0.3, -0.25) is 19.5 Å². The van der Waals surface area contributed by atoms with E-state index in [-0.39, 0.29) is 11.7 Å². The number of hydrogen-bond donors (Lipinski definition) is 1. The number of pyridine rings is 1. The van der Waals surface area contributed by atoms with Crippen LogP contribution >= 0.6 is 0 Å². The molecule has 1 amide bonds. The number of H-pyrrole nitrogens is 1. The van der Waals surface area contributed by atoms with Gasteiger partial charge in [0.25, 0.3) is 5.91 Å². The van der Waals surface area contributed by atoms with E-state index in [4.69, 9.17) is 0 Å². The lowest BCUT2D eigenvalue weighted by molar-refractivity contribution is 0.0622. The molecule has 27 heavy (non-hydrogen) atoms. The molecule has 0 saturated carbocycles. The van der Waals surface area contributed by atoms with Crippen molar-refractivity contribution in [3.8, 4) is 0 Å². The zero-order valence-electron chi connectivity index (χ0n) is 16.4. The van der Waals surface area contributed by atoms with Crippen molar-refractivity contribution in [1.82, 2.24) is 19.8 Å². The maximum absolute atomic E-state index is 13.1. The van der Waals surface area contributed by atoms with Crippen LogP contribution in [0.1, 0.15) is 57.9 Å². The highest BCUT2D eigenvalue weighted by Crippen LogP contribution is 2.23.